The Kier molecular flexibility index (Phi) is 8.60. The molecule has 11 heteroatoms. The number of nitrogen functional groups attached to an aromatic ring is 1. The van der Waals surface area contributed by atoms with Crippen LogP contribution >= 0.6 is 23.2 Å². The number of hydrogen-bond donors (Lipinski definition) is 2. The van der Waals surface area contributed by atoms with Crippen molar-refractivity contribution < 1.29 is 22.4 Å². The number of nitrogens with two attached hydrogens (primary N) is 2. The van der Waals surface area contributed by atoms with E-state index >= 15 is 0 Å². The van der Waals surface area contributed by atoms with E-state index in [0.717, 1.165) is 21.7 Å². The molecule has 0 aliphatic heterocycles. The standard InChI is InChI=1S/C29H29Cl2N3O5S/c1-4-16(2)25(32)29(36)34(40(3,37)38)15-17-6-5-7-18(12-17)19-8-10-22-24(13-19)39-28(26(22)33)27(35)21-11-9-20(30)14-23(21)31/h5-14,16,25H,4,15,32-33H2,1-3H3/t16-,25+/m0/s1. The van der Waals surface area contributed by atoms with E-state index in [4.69, 9.17) is 39.1 Å². The predicted octanol–water partition coefficient (Wildman–Crippen LogP) is 5.88. The summed E-state index contributed by atoms with van der Waals surface area (Å²) < 4.78 is 31.7. The summed E-state index contributed by atoms with van der Waals surface area (Å²) in [5.74, 6) is -1.33. The molecular formula is C29H29Cl2N3O5S. The average molecular weight is 603 g/mol. The first-order valence-corrected chi connectivity index (χ1v) is 15.1. The molecule has 0 unspecified atom stereocenters. The zero-order valence-electron chi connectivity index (χ0n) is 22.1. The monoisotopic (exact) mass is 601 g/mol. The Bertz CT molecular complexity index is 1720. The quantitative estimate of drug-likeness (QED) is 0.228. The highest BCUT2D eigenvalue weighted by Gasteiger charge is 2.31. The molecule has 1 aromatic heterocycles. The smallest absolute Gasteiger partial charge is 0.253 e. The molecular weight excluding hydrogens is 573 g/mol. The molecule has 1 heterocycles. The van der Waals surface area contributed by atoms with Gasteiger partial charge in [-0.05, 0) is 59.0 Å². The number of carbonyl (C=O) groups is 2. The lowest BCUT2D eigenvalue weighted by Gasteiger charge is -2.26. The van der Waals surface area contributed by atoms with Gasteiger partial charge in [-0.15, -0.1) is 0 Å². The number of furan rings is 1. The summed E-state index contributed by atoms with van der Waals surface area (Å²) in [5.41, 5.74) is 15.2. The van der Waals surface area contributed by atoms with Crippen molar-refractivity contribution in [2.75, 3.05) is 12.0 Å². The van der Waals surface area contributed by atoms with E-state index < -0.39 is 27.8 Å². The van der Waals surface area contributed by atoms with Gasteiger partial charge in [-0.1, -0.05) is 67.7 Å². The number of halogens is 2. The maximum Gasteiger partial charge on any atom is 0.253 e. The first-order valence-electron chi connectivity index (χ1n) is 12.5. The number of sulfonamides is 1. The molecule has 0 bridgehead atoms. The van der Waals surface area contributed by atoms with E-state index in [1.807, 2.05) is 26.0 Å². The molecule has 0 saturated carbocycles. The van der Waals surface area contributed by atoms with Crippen molar-refractivity contribution in [3.05, 3.63) is 87.6 Å². The fourth-order valence-electron chi connectivity index (χ4n) is 4.30. The van der Waals surface area contributed by atoms with E-state index in [-0.39, 0.29) is 34.5 Å². The maximum absolute atomic E-state index is 13.1. The molecule has 0 fully saturated rings. The van der Waals surface area contributed by atoms with Crippen LogP contribution in [0.3, 0.4) is 0 Å². The second-order valence-electron chi connectivity index (χ2n) is 9.73. The van der Waals surface area contributed by atoms with Crippen molar-refractivity contribution in [1.82, 2.24) is 4.31 Å². The topological polar surface area (TPSA) is 137 Å². The van der Waals surface area contributed by atoms with Crippen molar-refractivity contribution in [2.45, 2.75) is 32.9 Å². The van der Waals surface area contributed by atoms with Crippen LogP contribution in [0.5, 0.6) is 0 Å². The minimum absolute atomic E-state index is 0.0370. The SMILES string of the molecule is CC[C@H](C)[C@@H](N)C(=O)N(Cc1cccc(-c2ccc3c(N)c(C(=O)c4ccc(Cl)cc4Cl)oc3c2)c1)S(C)(=O)=O. The van der Waals surface area contributed by atoms with Crippen LogP contribution in [-0.4, -0.2) is 36.7 Å². The zero-order chi connectivity index (χ0) is 29.4. The fraction of sp³-hybridized carbons (Fsp3) is 0.241. The number of benzene rings is 3. The summed E-state index contributed by atoms with van der Waals surface area (Å²) in [7, 11) is -3.87. The lowest BCUT2D eigenvalue weighted by Crippen LogP contribution is -2.48. The number of amides is 1. The van der Waals surface area contributed by atoms with Crippen molar-refractivity contribution in [3.8, 4) is 11.1 Å². The summed E-state index contributed by atoms with van der Waals surface area (Å²) in [4.78, 5) is 26.1. The zero-order valence-corrected chi connectivity index (χ0v) is 24.5. The van der Waals surface area contributed by atoms with E-state index in [2.05, 4.69) is 0 Å². The number of anilines is 1. The molecule has 0 aliphatic rings. The van der Waals surface area contributed by atoms with Gasteiger partial charge in [-0.25, -0.2) is 12.7 Å². The Hall–Kier alpha value is -3.37. The number of rotatable bonds is 9. The van der Waals surface area contributed by atoms with Gasteiger partial charge in [0.15, 0.2) is 5.76 Å². The number of hydrogen-bond acceptors (Lipinski definition) is 7. The van der Waals surface area contributed by atoms with Gasteiger partial charge in [0, 0.05) is 16.0 Å². The lowest BCUT2D eigenvalue weighted by atomic mass is 9.99. The first kappa shape index (κ1) is 29.6. The second-order valence-corrected chi connectivity index (χ2v) is 12.5. The van der Waals surface area contributed by atoms with Gasteiger partial charge in [0.05, 0.1) is 29.6 Å². The van der Waals surface area contributed by atoms with E-state index in [9.17, 15) is 18.0 Å². The molecule has 210 valence electrons. The third-order valence-electron chi connectivity index (χ3n) is 6.89. The van der Waals surface area contributed by atoms with Crippen molar-refractivity contribution in [2.24, 2.45) is 11.7 Å². The average Bonchev–Trinajstić information content (AvgIpc) is 3.25. The van der Waals surface area contributed by atoms with Crippen molar-refractivity contribution >= 4 is 61.6 Å². The molecule has 0 spiro atoms. The molecule has 4 aromatic rings. The molecule has 2 atom stereocenters. The van der Waals surface area contributed by atoms with Crippen LogP contribution in [0.2, 0.25) is 10.0 Å². The number of nitrogens with zero attached hydrogens (tertiary/aromatic N) is 1. The highest BCUT2D eigenvalue weighted by molar-refractivity contribution is 7.88. The van der Waals surface area contributed by atoms with Gasteiger partial charge in [0.1, 0.15) is 5.58 Å². The summed E-state index contributed by atoms with van der Waals surface area (Å²) >= 11 is 12.2. The van der Waals surface area contributed by atoms with E-state index in [1.54, 1.807) is 36.4 Å². The molecule has 1 amide bonds. The Morgan fingerprint density at radius 2 is 1.73 bits per heavy atom. The first-order chi connectivity index (χ1) is 18.8. The van der Waals surface area contributed by atoms with E-state index in [0.29, 0.717) is 28.0 Å². The highest BCUT2D eigenvalue weighted by Crippen LogP contribution is 2.35. The van der Waals surface area contributed by atoms with Crippen LogP contribution in [0, 0.1) is 5.92 Å². The summed E-state index contributed by atoms with van der Waals surface area (Å²) in [5, 5.41) is 1.14. The maximum atomic E-state index is 13.1. The van der Waals surface area contributed by atoms with Gasteiger partial charge in [-0.3, -0.25) is 9.59 Å². The normalized spacial score (nSPS) is 13.2. The summed E-state index contributed by atoms with van der Waals surface area (Å²) in [6, 6.07) is 16.0. The van der Waals surface area contributed by atoms with Crippen LogP contribution in [0.25, 0.3) is 22.1 Å². The van der Waals surface area contributed by atoms with Gasteiger partial charge in [-0.2, -0.15) is 0 Å². The van der Waals surface area contributed by atoms with Gasteiger partial charge < -0.3 is 15.9 Å². The van der Waals surface area contributed by atoms with Crippen LogP contribution < -0.4 is 11.5 Å². The van der Waals surface area contributed by atoms with Crippen LogP contribution in [0.15, 0.2) is 65.1 Å². The largest absolute Gasteiger partial charge is 0.450 e. The molecule has 0 radical (unpaired) electrons. The fourth-order valence-corrected chi connectivity index (χ4v) is 5.62. The summed E-state index contributed by atoms with van der Waals surface area (Å²) in [6.45, 7) is 3.54. The molecule has 4 N–H and O–H groups in total. The lowest BCUT2D eigenvalue weighted by molar-refractivity contribution is -0.129. The molecule has 0 aliphatic carbocycles. The van der Waals surface area contributed by atoms with Crippen molar-refractivity contribution in [1.29, 1.82) is 0 Å². The predicted molar refractivity (Wildman–Crippen MR) is 159 cm³/mol. The van der Waals surface area contributed by atoms with Crippen LogP contribution in [0.1, 0.15) is 41.9 Å². The van der Waals surface area contributed by atoms with Crippen LogP contribution in [-0.2, 0) is 21.4 Å². The molecule has 0 saturated heterocycles. The van der Waals surface area contributed by atoms with Gasteiger partial charge in [0.2, 0.25) is 15.8 Å². The Balaban J connectivity index is 1.66. The Morgan fingerprint density at radius 1 is 1.02 bits per heavy atom. The number of carbonyl (C=O) groups excluding carboxylic acids is 2. The molecule has 8 nitrogen and oxygen atoms in total. The Labute approximate surface area is 242 Å². The third kappa shape index (κ3) is 6.02. The number of fused-ring (bicyclic) bond motifs is 1. The molecule has 4 rings (SSSR count). The summed E-state index contributed by atoms with van der Waals surface area (Å²) in [6.07, 6.45) is 1.63. The van der Waals surface area contributed by atoms with E-state index in [1.165, 1.54) is 12.1 Å². The van der Waals surface area contributed by atoms with Crippen molar-refractivity contribution in [3.63, 3.8) is 0 Å². The minimum atomic E-state index is -3.87. The highest BCUT2D eigenvalue weighted by atomic mass is 35.5. The molecule has 40 heavy (non-hydrogen) atoms. The van der Waals surface area contributed by atoms with Gasteiger partial charge >= 0.3 is 0 Å². The third-order valence-corrected chi connectivity index (χ3v) is 8.54. The Morgan fingerprint density at radius 3 is 2.38 bits per heavy atom. The molecule has 3 aromatic carbocycles. The minimum Gasteiger partial charge on any atom is -0.450 e. The van der Waals surface area contributed by atoms with Crippen LogP contribution in [0.4, 0.5) is 5.69 Å². The van der Waals surface area contributed by atoms with Gasteiger partial charge in [0.25, 0.3) is 5.91 Å². The number of ketones is 1. The second kappa shape index (κ2) is 11.6.